The number of nitrogens with zero attached hydrogens (tertiary/aromatic N) is 1. The van der Waals surface area contributed by atoms with Gasteiger partial charge in [0, 0.05) is 25.5 Å². The van der Waals surface area contributed by atoms with Crippen LogP contribution in [0.25, 0.3) is 0 Å². The van der Waals surface area contributed by atoms with Crippen LogP contribution in [0.4, 0.5) is 11.4 Å². The van der Waals surface area contributed by atoms with E-state index in [4.69, 9.17) is 0 Å². The van der Waals surface area contributed by atoms with E-state index in [0.29, 0.717) is 6.42 Å². The van der Waals surface area contributed by atoms with Gasteiger partial charge in [0.05, 0.1) is 6.42 Å². The standard InChI is InChI=1S/C16H18N2O/c1-18(2)15-10-6-9-14(12-15)17-16(19)11-13-7-4-3-5-8-13/h3-10,12H,11H2,1-2H3,(H,17,19). The van der Waals surface area contributed by atoms with E-state index in [0.717, 1.165) is 16.9 Å². The molecule has 0 saturated heterocycles. The van der Waals surface area contributed by atoms with Crippen LogP contribution in [0.3, 0.4) is 0 Å². The van der Waals surface area contributed by atoms with Gasteiger partial charge in [-0.25, -0.2) is 0 Å². The van der Waals surface area contributed by atoms with Gasteiger partial charge in [-0.3, -0.25) is 4.79 Å². The molecular formula is C16H18N2O. The maximum Gasteiger partial charge on any atom is 0.228 e. The molecule has 3 heteroatoms. The second-order valence-corrected chi connectivity index (χ2v) is 4.66. The Labute approximate surface area is 113 Å². The van der Waals surface area contributed by atoms with Crippen molar-refractivity contribution in [2.75, 3.05) is 24.3 Å². The van der Waals surface area contributed by atoms with Crippen LogP contribution in [0, 0.1) is 0 Å². The molecule has 1 amide bonds. The molecule has 98 valence electrons. The SMILES string of the molecule is CN(C)c1cccc(NC(=O)Cc2ccccc2)c1. The fourth-order valence-electron chi connectivity index (χ4n) is 1.85. The van der Waals surface area contributed by atoms with Gasteiger partial charge in [-0.15, -0.1) is 0 Å². The zero-order chi connectivity index (χ0) is 13.7. The smallest absolute Gasteiger partial charge is 0.228 e. The second-order valence-electron chi connectivity index (χ2n) is 4.66. The summed E-state index contributed by atoms with van der Waals surface area (Å²) in [5, 5.41) is 2.92. The molecule has 2 aromatic rings. The van der Waals surface area contributed by atoms with Gasteiger partial charge < -0.3 is 10.2 Å². The molecule has 2 rings (SSSR count). The van der Waals surface area contributed by atoms with Crippen molar-refractivity contribution < 1.29 is 4.79 Å². The number of carbonyl (C=O) groups excluding carboxylic acids is 1. The summed E-state index contributed by atoms with van der Waals surface area (Å²) < 4.78 is 0. The molecule has 0 radical (unpaired) electrons. The molecule has 19 heavy (non-hydrogen) atoms. The predicted molar refractivity (Wildman–Crippen MR) is 79.5 cm³/mol. The van der Waals surface area contributed by atoms with Crippen molar-refractivity contribution in [2.24, 2.45) is 0 Å². The van der Waals surface area contributed by atoms with Crippen LogP contribution in [-0.4, -0.2) is 20.0 Å². The first-order chi connectivity index (χ1) is 9.15. The second kappa shape index (κ2) is 6.05. The fourth-order valence-corrected chi connectivity index (χ4v) is 1.85. The topological polar surface area (TPSA) is 32.3 Å². The van der Waals surface area contributed by atoms with Crippen molar-refractivity contribution in [3.8, 4) is 0 Å². The van der Waals surface area contributed by atoms with Crippen LogP contribution < -0.4 is 10.2 Å². The van der Waals surface area contributed by atoms with Crippen molar-refractivity contribution in [2.45, 2.75) is 6.42 Å². The van der Waals surface area contributed by atoms with Gasteiger partial charge >= 0.3 is 0 Å². The molecule has 0 aliphatic carbocycles. The highest BCUT2D eigenvalue weighted by atomic mass is 16.1. The van der Waals surface area contributed by atoms with E-state index in [1.54, 1.807) is 0 Å². The van der Waals surface area contributed by atoms with Crippen molar-refractivity contribution >= 4 is 17.3 Å². The molecular weight excluding hydrogens is 236 g/mol. The lowest BCUT2D eigenvalue weighted by atomic mass is 10.1. The minimum Gasteiger partial charge on any atom is -0.378 e. The maximum atomic E-state index is 11.9. The van der Waals surface area contributed by atoms with Crippen LogP contribution in [-0.2, 0) is 11.2 Å². The van der Waals surface area contributed by atoms with Crippen molar-refractivity contribution in [3.63, 3.8) is 0 Å². The first kappa shape index (κ1) is 13.1. The molecule has 0 spiro atoms. The van der Waals surface area contributed by atoms with Crippen molar-refractivity contribution in [1.82, 2.24) is 0 Å². The summed E-state index contributed by atoms with van der Waals surface area (Å²) in [6.07, 6.45) is 0.396. The van der Waals surface area contributed by atoms with Gasteiger partial charge in [-0.05, 0) is 23.8 Å². The third-order valence-corrected chi connectivity index (χ3v) is 2.85. The monoisotopic (exact) mass is 254 g/mol. The average Bonchev–Trinajstić information content (AvgIpc) is 2.40. The molecule has 0 aromatic heterocycles. The Morgan fingerprint density at radius 2 is 1.79 bits per heavy atom. The number of carbonyl (C=O) groups is 1. The zero-order valence-electron chi connectivity index (χ0n) is 11.3. The third kappa shape index (κ3) is 3.85. The summed E-state index contributed by atoms with van der Waals surface area (Å²) in [6.45, 7) is 0. The average molecular weight is 254 g/mol. The zero-order valence-corrected chi connectivity index (χ0v) is 11.3. The van der Waals surface area contributed by atoms with E-state index >= 15 is 0 Å². The number of hydrogen-bond donors (Lipinski definition) is 1. The quantitative estimate of drug-likeness (QED) is 0.909. The lowest BCUT2D eigenvalue weighted by Gasteiger charge is -2.14. The van der Waals surface area contributed by atoms with E-state index in [1.807, 2.05) is 73.6 Å². The molecule has 0 heterocycles. The number of amides is 1. The summed E-state index contributed by atoms with van der Waals surface area (Å²) in [7, 11) is 3.95. The third-order valence-electron chi connectivity index (χ3n) is 2.85. The van der Waals surface area contributed by atoms with Crippen LogP contribution in [0.2, 0.25) is 0 Å². The number of anilines is 2. The Kier molecular flexibility index (Phi) is 4.18. The summed E-state index contributed by atoms with van der Waals surface area (Å²) in [5.41, 5.74) is 2.91. The minimum absolute atomic E-state index is 0.00195. The van der Waals surface area contributed by atoms with Gasteiger partial charge in [0.15, 0.2) is 0 Å². The molecule has 1 N–H and O–H groups in total. The van der Waals surface area contributed by atoms with E-state index < -0.39 is 0 Å². The van der Waals surface area contributed by atoms with Gasteiger partial charge in [-0.2, -0.15) is 0 Å². The molecule has 0 aliphatic heterocycles. The lowest BCUT2D eigenvalue weighted by Crippen LogP contribution is -2.15. The molecule has 0 fully saturated rings. The van der Waals surface area contributed by atoms with Crippen LogP contribution in [0.15, 0.2) is 54.6 Å². The maximum absolute atomic E-state index is 11.9. The van der Waals surface area contributed by atoms with Crippen molar-refractivity contribution in [3.05, 3.63) is 60.2 Å². The molecule has 0 aliphatic rings. The van der Waals surface area contributed by atoms with Gasteiger partial charge in [-0.1, -0.05) is 36.4 Å². The molecule has 3 nitrogen and oxygen atoms in total. The highest BCUT2D eigenvalue weighted by molar-refractivity contribution is 5.92. The van der Waals surface area contributed by atoms with E-state index in [-0.39, 0.29) is 5.91 Å². The minimum atomic E-state index is 0.00195. The number of rotatable bonds is 4. The first-order valence-electron chi connectivity index (χ1n) is 6.26. The van der Waals surface area contributed by atoms with Gasteiger partial charge in [0.25, 0.3) is 0 Å². The lowest BCUT2D eigenvalue weighted by molar-refractivity contribution is -0.115. The molecule has 0 unspecified atom stereocenters. The normalized spacial score (nSPS) is 10.0. The van der Waals surface area contributed by atoms with Crippen LogP contribution in [0.5, 0.6) is 0 Å². The van der Waals surface area contributed by atoms with Crippen molar-refractivity contribution in [1.29, 1.82) is 0 Å². The molecule has 0 bridgehead atoms. The first-order valence-corrected chi connectivity index (χ1v) is 6.26. The number of benzene rings is 2. The van der Waals surface area contributed by atoms with E-state index in [2.05, 4.69) is 5.32 Å². The predicted octanol–water partition coefficient (Wildman–Crippen LogP) is 2.93. The summed E-state index contributed by atoms with van der Waals surface area (Å²) in [5.74, 6) is 0.00195. The molecule has 0 saturated carbocycles. The number of nitrogens with one attached hydrogen (secondary N) is 1. The summed E-state index contributed by atoms with van der Waals surface area (Å²) >= 11 is 0. The fraction of sp³-hybridized carbons (Fsp3) is 0.188. The Morgan fingerprint density at radius 3 is 2.47 bits per heavy atom. The highest BCUT2D eigenvalue weighted by Gasteiger charge is 2.04. The van der Waals surface area contributed by atoms with E-state index in [9.17, 15) is 4.79 Å². The van der Waals surface area contributed by atoms with E-state index in [1.165, 1.54) is 0 Å². The Morgan fingerprint density at radius 1 is 1.05 bits per heavy atom. The largest absolute Gasteiger partial charge is 0.378 e. The summed E-state index contributed by atoms with van der Waals surface area (Å²) in [4.78, 5) is 13.9. The Balaban J connectivity index is 2.01. The van der Waals surface area contributed by atoms with Gasteiger partial charge in [0.2, 0.25) is 5.91 Å². The van der Waals surface area contributed by atoms with Crippen LogP contribution >= 0.6 is 0 Å². The Bertz CT molecular complexity index is 550. The highest BCUT2D eigenvalue weighted by Crippen LogP contribution is 2.17. The van der Waals surface area contributed by atoms with Crippen LogP contribution in [0.1, 0.15) is 5.56 Å². The van der Waals surface area contributed by atoms with Gasteiger partial charge in [0.1, 0.15) is 0 Å². The molecule has 2 aromatic carbocycles. The Hall–Kier alpha value is -2.29. The number of hydrogen-bond acceptors (Lipinski definition) is 2. The summed E-state index contributed by atoms with van der Waals surface area (Å²) in [6, 6.07) is 17.5. The molecule has 0 atom stereocenters.